The van der Waals surface area contributed by atoms with Crippen molar-refractivity contribution >= 4 is 27.2 Å². The van der Waals surface area contributed by atoms with Crippen molar-refractivity contribution in [1.82, 2.24) is 15.0 Å². The van der Waals surface area contributed by atoms with Crippen molar-refractivity contribution in [3.8, 4) is 22.4 Å². The van der Waals surface area contributed by atoms with Crippen LogP contribution in [0, 0.1) is 13.8 Å². The lowest BCUT2D eigenvalue weighted by molar-refractivity contribution is 0.102. The standard InChI is InChI=1S/C25H20ClN3O3S/c1-16-3-5-19(12-27-16)24(30)15-33(31,32)22-9-7-18(8-10-22)23-11-21(26)14-29-25(23)20-6-4-17(2)28-13-20/h3-14H,15H2,1-2H3. The number of hydrogen-bond donors (Lipinski definition) is 0. The van der Waals surface area contributed by atoms with E-state index in [-0.39, 0.29) is 10.5 Å². The van der Waals surface area contributed by atoms with Crippen molar-refractivity contribution in [2.75, 3.05) is 5.75 Å². The van der Waals surface area contributed by atoms with Gasteiger partial charge in [-0.2, -0.15) is 0 Å². The third-order valence-electron chi connectivity index (χ3n) is 5.12. The predicted molar refractivity (Wildman–Crippen MR) is 128 cm³/mol. The normalized spacial score (nSPS) is 11.4. The van der Waals surface area contributed by atoms with Crippen molar-refractivity contribution < 1.29 is 13.2 Å². The molecule has 0 aliphatic rings. The molecule has 4 rings (SSSR count). The van der Waals surface area contributed by atoms with Crippen molar-refractivity contribution in [2.45, 2.75) is 18.7 Å². The molecule has 0 N–H and O–H groups in total. The van der Waals surface area contributed by atoms with Gasteiger partial charge in [-0.1, -0.05) is 23.7 Å². The summed E-state index contributed by atoms with van der Waals surface area (Å²) in [5.74, 6) is -1.13. The van der Waals surface area contributed by atoms with Gasteiger partial charge in [0, 0.05) is 46.7 Å². The molecule has 0 radical (unpaired) electrons. The molecule has 0 bridgehead atoms. The maximum atomic E-state index is 12.8. The second kappa shape index (κ2) is 9.21. The van der Waals surface area contributed by atoms with Crippen molar-refractivity contribution in [3.05, 3.63) is 95.2 Å². The van der Waals surface area contributed by atoms with E-state index in [1.165, 1.54) is 18.3 Å². The highest BCUT2D eigenvalue weighted by molar-refractivity contribution is 7.92. The van der Waals surface area contributed by atoms with Gasteiger partial charge in [-0.05, 0) is 61.9 Å². The number of ketones is 1. The van der Waals surface area contributed by atoms with Gasteiger partial charge in [0.15, 0.2) is 15.6 Å². The third-order valence-corrected chi connectivity index (χ3v) is 6.96. The zero-order chi connectivity index (χ0) is 23.6. The van der Waals surface area contributed by atoms with Crippen LogP contribution in [0.5, 0.6) is 0 Å². The Labute approximate surface area is 197 Å². The van der Waals surface area contributed by atoms with E-state index in [1.807, 2.05) is 19.1 Å². The van der Waals surface area contributed by atoms with Crippen LogP contribution in [0.4, 0.5) is 0 Å². The molecule has 0 saturated carbocycles. The minimum atomic E-state index is -3.82. The second-order valence-corrected chi connectivity index (χ2v) is 10.1. The summed E-state index contributed by atoms with van der Waals surface area (Å²) >= 11 is 6.19. The fourth-order valence-corrected chi connectivity index (χ4v) is 4.70. The van der Waals surface area contributed by atoms with Crippen LogP contribution in [0.1, 0.15) is 21.7 Å². The first-order valence-corrected chi connectivity index (χ1v) is 12.1. The fourth-order valence-electron chi connectivity index (χ4n) is 3.31. The number of benzene rings is 1. The summed E-state index contributed by atoms with van der Waals surface area (Å²) in [5.41, 5.74) is 4.90. The highest BCUT2D eigenvalue weighted by Gasteiger charge is 2.21. The molecule has 0 aliphatic heterocycles. The molecule has 8 heteroatoms. The predicted octanol–water partition coefficient (Wildman–Crippen LogP) is 5.13. The van der Waals surface area contributed by atoms with Crippen molar-refractivity contribution in [3.63, 3.8) is 0 Å². The van der Waals surface area contributed by atoms with Gasteiger partial charge in [0.1, 0.15) is 5.75 Å². The Morgan fingerprint density at radius 3 is 2.06 bits per heavy atom. The van der Waals surface area contributed by atoms with Gasteiger partial charge in [0.2, 0.25) is 0 Å². The van der Waals surface area contributed by atoms with Crippen molar-refractivity contribution in [2.24, 2.45) is 0 Å². The number of hydrogen-bond acceptors (Lipinski definition) is 6. The number of halogens is 1. The minimum Gasteiger partial charge on any atom is -0.293 e. The van der Waals surface area contributed by atoms with Crippen LogP contribution in [-0.4, -0.2) is 34.9 Å². The molecule has 0 saturated heterocycles. The van der Waals surface area contributed by atoms with Crippen LogP contribution in [-0.2, 0) is 9.84 Å². The van der Waals surface area contributed by atoms with Gasteiger partial charge >= 0.3 is 0 Å². The Kier molecular flexibility index (Phi) is 6.35. The minimum absolute atomic E-state index is 0.0632. The Morgan fingerprint density at radius 2 is 1.45 bits per heavy atom. The summed E-state index contributed by atoms with van der Waals surface area (Å²) in [6.45, 7) is 3.70. The molecule has 166 valence electrons. The molecule has 0 aliphatic carbocycles. The van der Waals surface area contributed by atoms with Crippen LogP contribution >= 0.6 is 11.6 Å². The molecule has 3 heterocycles. The highest BCUT2D eigenvalue weighted by atomic mass is 35.5. The average Bonchev–Trinajstić information content (AvgIpc) is 2.80. The van der Waals surface area contributed by atoms with Gasteiger partial charge < -0.3 is 0 Å². The van der Waals surface area contributed by atoms with E-state index in [0.717, 1.165) is 28.1 Å². The molecule has 0 fully saturated rings. The van der Waals surface area contributed by atoms with E-state index < -0.39 is 21.4 Å². The lowest BCUT2D eigenvalue weighted by Gasteiger charge is -2.11. The Bertz CT molecular complexity index is 1420. The first kappa shape index (κ1) is 22.8. The molecule has 3 aromatic heterocycles. The summed E-state index contributed by atoms with van der Waals surface area (Å²) in [6.07, 6.45) is 4.69. The number of aryl methyl sites for hydroxylation is 2. The number of aromatic nitrogens is 3. The summed E-state index contributed by atoms with van der Waals surface area (Å²) < 4.78 is 25.6. The Balaban J connectivity index is 1.63. The van der Waals surface area contributed by atoms with Crippen molar-refractivity contribution in [1.29, 1.82) is 0 Å². The monoisotopic (exact) mass is 477 g/mol. The topological polar surface area (TPSA) is 89.9 Å². The SMILES string of the molecule is Cc1ccc(C(=O)CS(=O)(=O)c2ccc(-c3cc(Cl)cnc3-c3ccc(C)nc3)cc2)cn1. The maximum Gasteiger partial charge on any atom is 0.185 e. The molecule has 0 atom stereocenters. The van der Waals surface area contributed by atoms with Crippen LogP contribution in [0.25, 0.3) is 22.4 Å². The summed E-state index contributed by atoms with van der Waals surface area (Å²) in [5, 5.41) is 0.461. The lowest BCUT2D eigenvalue weighted by Crippen LogP contribution is -2.16. The summed E-state index contributed by atoms with van der Waals surface area (Å²) in [7, 11) is -3.82. The van der Waals surface area contributed by atoms with E-state index in [1.54, 1.807) is 49.6 Å². The summed E-state index contributed by atoms with van der Waals surface area (Å²) in [4.78, 5) is 25.4. The van der Waals surface area contributed by atoms with E-state index in [2.05, 4.69) is 15.0 Å². The number of carbonyl (C=O) groups is 1. The van der Waals surface area contributed by atoms with Gasteiger partial charge in [0.05, 0.1) is 15.6 Å². The molecule has 0 spiro atoms. The first-order valence-electron chi connectivity index (χ1n) is 10.1. The Hall–Kier alpha value is -3.42. The van der Waals surface area contributed by atoms with E-state index in [0.29, 0.717) is 10.7 Å². The van der Waals surface area contributed by atoms with E-state index >= 15 is 0 Å². The van der Waals surface area contributed by atoms with Gasteiger partial charge in [0.25, 0.3) is 0 Å². The quantitative estimate of drug-likeness (QED) is 0.357. The molecule has 33 heavy (non-hydrogen) atoms. The first-order chi connectivity index (χ1) is 15.7. The number of Topliss-reactive ketones (excluding diaryl/α,β-unsaturated/α-hetero) is 1. The molecule has 0 unspecified atom stereocenters. The number of carbonyl (C=O) groups excluding carboxylic acids is 1. The molecule has 1 aromatic carbocycles. The fraction of sp³-hybridized carbons (Fsp3) is 0.120. The van der Waals surface area contributed by atoms with Gasteiger partial charge in [-0.15, -0.1) is 0 Å². The number of sulfone groups is 1. The summed E-state index contributed by atoms with van der Waals surface area (Å²) in [6, 6.07) is 15.2. The van der Waals surface area contributed by atoms with E-state index in [4.69, 9.17) is 11.6 Å². The van der Waals surface area contributed by atoms with Crippen LogP contribution < -0.4 is 0 Å². The second-order valence-electron chi connectivity index (χ2n) is 7.63. The smallest absolute Gasteiger partial charge is 0.185 e. The molecular formula is C25H20ClN3O3S. The molecular weight excluding hydrogens is 458 g/mol. The number of nitrogens with zero attached hydrogens (tertiary/aromatic N) is 3. The van der Waals surface area contributed by atoms with Crippen LogP contribution in [0.15, 0.2) is 78.1 Å². The largest absolute Gasteiger partial charge is 0.293 e. The van der Waals surface area contributed by atoms with Crippen LogP contribution in [0.2, 0.25) is 5.02 Å². The molecule has 4 aromatic rings. The Morgan fingerprint density at radius 1 is 0.818 bits per heavy atom. The molecule has 6 nitrogen and oxygen atoms in total. The van der Waals surface area contributed by atoms with E-state index in [9.17, 15) is 13.2 Å². The maximum absolute atomic E-state index is 12.8. The van der Waals surface area contributed by atoms with Gasteiger partial charge in [-0.25, -0.2) is 8.42 Å². The molecule has 0 amide bonds. The average molecular weight is 478 g/mol. The highest BCUT2D eigenvalue weighted by Crippen LogP contribution is 2.32. The number of pyridine rings is 3. The van der Waals surface area contributed by atoms with Crippen LogP contribution in [0.3, 0.4) is 0 Å². The number of rotatable bonds is 6. The third kappa shape index (κ3) is 5.16. The van der Waals surface area contributed by atoms with Gasteiger partial charge in [-0.3, -0.25) is 19.7 Å². The zero-order valence-electron chi connectivity index (χ0n) is 18.0. The lowest BCUT2D eigenvalue weighted by atomic mass is 10.0. The zero-order valence-corrected chi connectivity index (χ0v) is 19.6.